The lowest BCUT2D eigenvalue weighted by Crippen LogP contribution is -2.15. The van der Waals surface area contributed by atoms with Crippen LogP contribution in [0.4, 0.5) is 10.1 Å². The fraction of sp³-hybridized carbons (Fsp3) is 0.125. The van der Waals surface area contributed by atoms with Crippen LogP contribution in [-0.2, 0) is 10.0 Å². The van der Waals surface area contributed by atoms with Crippen LogP contribution < -0.4 is 9.46 Å². The number of anilines is 1. The number of nitrogens with zero attached hydrogens (tertiary/aromatic N) is 1. The molecule has 32 heavy (non-hydrogen) atoms. The summed E-state index contributed by atoms with van der Waals surface area (Å²) in [5, 5.41) is 2.30. The summed E-state index contributed by atoms with van der Waals surface area (Å²) < 4.78 is 48.6. The minimum absolute atomic E-state index is 0.0585. The number of rotatable bonds is 6. The summed E-state index contributed by atoms with van der Waals surface area (Å²) in [4.78, 5) is 4.61. The Balaban J connectivity index is 1.73. The summed E-state index contributed by atoms with van der Waals surface area (Å²) >= 11 is 1.30. The lowest BCUT2D eigenvalue weighted by Gasteiger charge is -2.15. The first-order valence-corrected chi connectivity index (χ1v) is 12.1. The first-order valence-electron chi connectivity index (χ1n) is 9.78. The van der Waals surface area contributed by atoms with Crippen LogP contribution in [0.25, 0.3) is 21.8 Å². The predicted molar refractivity (Wildman–Crippen MR) is 126 cm³/mol. The number of aromatic nitrogens is 1. The lowest BCUT2D eigenvalue weighted by atomic mass is 10.1. The number of aryl methyl sites for hydroxylation is 2. The van der Waals surface area contributed by atoms with Crippen molar-refractivity contribution in [3.63, 3.8) is 0 Å². The van der Waals surface area contributed by atoms with Crippen LogP contribution >= 0.6 is 11.3 Å². The zero-order valence-electron chi connectivity index (χ0n) is 17.7. The molecule has 0 fully saturated rings. The van der Waals surface area contributed by atoms with Gasteiger partial charge < -0.3 is 4.74 Å². The van der Waals surface area contributed by atoms with Gasteiger partial charge in [-0.15, -0.1) is 11.3 Å². The molecule has 1 aromatic heterocycles. The number of methoxy groups -OCH3 is 1. The van der Waals surface area contributed by atoms with Gasteiger partial charge in [0.1, 0.15) is 21.5 Å². The Morgan fingerprint density at radius 1 is 0.969 bits per heavy atom. The molecule has 8 heteroatoms. The van der Waals surface area contributed by atoms with Crippen LogP contribution in [0.5, 0.6) is 5.75 Å². The monoisotopic (exact) mass is 468 g/mol. The summed E-state index contributed by atoms with van der Waals surface area (Å²) in [6, 6.07) is 16.7. The number of hydrogen-bond donors (Lipinski definition) is 1. The fourth-order valence-corrected chi connectivity index (χ4v) is 5.45. The average Bonchev–Trinajstić information content (AvgIpc) is 3.25. The van der Waals surface area contributed by atoms with E-state index in [1.165, 1.54) is 24.5 Å². The van der Waals surface area contributed by atoms with Crippen molar-refractivity contribution in [1.29, 1.82) is 0 Å². The van der Waals surface area contributed by atoms with Crippen molar-refractivity contribution in [2.24, 2.45) is 0 Å². The average molecular weight is 469 g/mol. The fourth-order valence-electron chi connectivity index (χ4n) is 3.28. The molecule has 0 aliphatic heterocycles. The van der Waals surface area contributed by atoms with Crippen molar-refractivity contribution < 1.29 is 17.5 Å². The van der Waals surface area contributed by atoms with Gasteiger partial charge in [-0.3, -0.25) is 4.72 Å². The highest BCUT2D eigenvalue weighted by atomic mass is 32.2. The van der Waals surface area contributed by atoms with Gasteiger partial charge in [-0.05, 0) is 55.3 Å². The molecular formula is C24H21FN2O3S2. The summed E-state index contributed by atoms with van der Waals surface area (Å²) in [7, 11) is -2.50. The van der Waals surface area contributed by atoms with Crippen molar-refractivity contribution in [3.8, 4) is 27.6 Å². The number of hydrogen-bond acceptors (Lipinski definition) is 5. The Morgan fingerprint density at radius 3 is 2.34 bits per heavy atom. The Labute approximate surface area is 190 Å². The number of sulfonamides is 1. The molecule has 4 rings (SSSR count). The van der Waals surface area contributed by atoms with Crippen LogP contribution in [0.1, 0.15) is 11.1 Å². The molecule has 1 heterocycles. The number of halogens is 1. The number of ether oxygens (including phenoxy) is 1. The van der Waals surface area contributed by atoms with Crippen LogP contribution in [0.2, 0.25) is 0 Å². The number of benzene rings is 3. The van der Waals surface area contributed by atoms with Gasteiger partial charge in [-0.1, -0.05) is 30.3 Å². The Hall–Kier alpha value is -3.23. The van der Waals surface area contributed by atoms with Crippen LogP contribution in [0.15, 0.2) is 70.9 Å². The van der Waals surface area contributed by atoms with E-state index in [0.717, 1.165) is 11.1 Å². The van der Waals surface area contributed by atoms with Crippen molar-refractivity contribution >= 4 is 27.0 Å². The third-order valence-corrected chi connectivity index (χ3v) is 7.39. The normalized spacial score (nSPS) is 11.4. The summed E-state index contributed by atoms with van der Waals surface area (Å²) in [6.07, 6.45) is 0. The maximum Gasteiger partial charge on any atom is 0.265 e. The molecule has 0 saturated heterocycles. The van der Waals surface area contributed by atoms with E-state index in [1.54, 1.807) is 60.0 Å². The molecule has 1 N–H and O–H groups in total. The molecule has 0 unspecified atom stereocenters. The topological polar surface area (TPSA) is 68.3 Å². The molecule has 0 atom stereocenters. The highest BCUT2D eigenvalue weighted by Gasteiger charge is 2.23. The van der Waals surface area contributed by atoms with E-state index in [0.29, 0.717) is 27.5 Å². The smallest absolute Gasteiger partial charge is 0.265 e. The summed E-state index contributed by atoms with van der Waals surface area (Å²) in [5.74, 6) is -0.0854. The number of para-hydroxylation sites is 1. The molecule has 3 aromatic carbocycles. The quantitative estimate of drug-likeness (QED) is 0.374. The summed E-state index contributed by atoms with van der Waals surface area (Å²) in [5.41, 5.74) is 3.70. The zero-order valence-corrected chi connectivity index (χ0v) is 19.4. The molecular weight excluding hydrogens is 447 g/mol. The third-order valence-electron chi connectivity index (χ3n) is 5.13. The molecule has 0 bridgehead atoms. The Morgan fingerprint density at radius 2 is 1.62 bits per heavy atom. The van der Waals surface area contributed by atoms with E-state index in [2.05, 4.69) is 9.71 Å². The van der Waals surface area contributed by atoms with Gasteiger partial charge in [0.2, 0.25) is 0 Å². The second kappa shape index (κ2) is 8.72. The lowest BCUT2D eigenvalue weighted by molar-refractivity contribution is 0.402. The van der Waals surface area contributed by atoms with E-state index < -0.39 is 10.0 Å². The first kappa shape index (κ1) is 22.0. The molecule has 0 saturated carbocycles. The highest BCUT2D eigenvalue weighted by Crippen LogP contribution is 2.35. The first-order chi connectivity index (χ1) is 15.3. The number of thiazole rings is 1. The van der Waals surface area contributed by atoms with Crippen LogP contribution in [-0.4, -0.2) is 20.5 Å². The zero-order chi connectivity index (χ0) is 22.9. The maximum absolute atomic E-state index is 14.2. The van der Waals surface area contributed by atoms with Crippen LogP contribution in [0.3, 0.4) is 0 Å². The minimum Gasteiger partial charge on any atom is -0.495 e. The molecule has 4 aromatic rings. The molecule has 164 valence electrons. The van der Waals surface area contributed by atoms with Gasteiger partial charge in [-0.25, -0.2) is 17.8 Å². The molecule has 0 aliphatic rings. The molecule has 0 amide bonds. The van der Waals surface area contributed by atoms with E-state index in [-0.39, 0.29) is 16.5 Å². The largest absolute Gasteiger partial charge is 0.495 e. The predicted octanol–water partition coefficient (Wildman–Crippen LogP) is 6.04. The Bertz CT molecular complexity index is 1400. The minimum atomic E-state index is -3.94. The van der Waals surface area contributed by atoms with E-state index >= 15 is 0 Å². The molecule has 5 nitrogen and oxygen atoms in total. The SMILES string of the molecule is COc1cc(C)c(C)cc1S(=O)(=O)Nc1ccccc1-c1csc(-c2ccccc2F)n1. The van der Waals surface area contributed by atoms with E-state index in [9.17, 15) is 12.8 Å². The molecule has 0 spiro atoms. The Kier molecular flexibility index (Phi) is 5.99. The van der Waals surface area contributed by atoms with Gasteiger partial charge in [0.25, 0.3) is 10.0 Å². The van der Waals surface area contributed by atoms with E-state index in [4.69, 9.17) is 4.74 Å². The standard InChI is InChI=1S/C24H21FN2O3S2/c1-15-12-22(30-3)23(13-16(15)2)32(28,29)27-20-11-7-5-9-18(20)21-14-31-24(26-21)17-8-4-6-10-19(17)25/h4-14,27H,1-3H3. The van der Waals surface area contributed by atoms with Gasteiger partial charge in [0, 0.05) is 16.5 Å². The van der Waals surface area contributed by atoms with Crippen molar-refractivity contribution in [2.45, 2.75) is 18.7 Å². The van der Waals surface area contributed by atoms with Gasteiger partial charge in [-0.2, -0.15) is 0 Å². The van der Waals surface area contributed by atoms with Crippen molar-refractivity contribution in [3.05, 3.63) is 83.0 Å². The van der Waals surface area contributed by atoms with Crippen molar-refractivity contribution in [2.75, 3.05) is 11.8 Å². The molecule has 0 aliphatic carbocycles. The second-order valence-corrected chi connectivity index (χ2v) is 9.77. The van der Waals surface area contributed by atoms with Crippen LogP contribution in [0, 0.1) is 19.7 Å². The highest BCUT2D eigenvalue weighted by molar-refractivity contribution is 7.92. The van der Waals surface area contributed by atoms with Crippen molar-refractivity contribution in [1.82, 2.24) is 4.98 Å². The third kappa shape index (κ3) is 4.24. The summed E-state index contributed by atoms with van der Waals surface area (Å²) in [6.45, 7) is 3.74. The van der Waals surface area contributed by atoms with Gasteiger partial charge >= 0.3 is 0 Å². The second-order valence-electron chi connectivity index (χ2n) is 7.26. The number of nitrogens with one attached hydrogen (secondary N) is 1. The van der Waals surface area contributed by atoms with Gasteiger partial charge in [0.05, 0.1) is 18.5 Å². The maximum atomic E-state index is 14.2. The van der Waals surface area contributed by atoms with Gasteiger partial charge in [0.15, 0.2) is 0 Å². The molecule has 0 radical (unpaired) electrons. The van der Waals surface area contributed by atoms with E-state index in [1.807, 2.05) is 13.8 Å².